The average Bonchev–Trinajstić information content (AvgIpc) is 2.96. The van der Waals surface area contributed by atoms with Gasteiger partial charge in [-0.15, -0.1) is 0 Å². The molecule has 4 rings (SSSR count). The molecule has 0 aliphatic carbocycles. The highest BCUT2D eigenvalue weighted by Gasteiger charge is 2.31. The number of halogens is 5. The molecule has 0 spiro atoms. The molecule has 0 radical (unpaired) electrons. The Bertz CT molecular complexity index is 1130. The van der Waals surface area contributed by atoms with E-state index in [1.165, 1.54) is 4.90 Å². The van der Waals surface area contributed by atoms with Gasteiger partial charge in [-0.05, 0) is 48.9 Å². The predicted molar refractivity (Wildman–Crippen MR) is 113 cm³/mol. The second-order valence-corrected chi connectivity index (χ2v) is 8.07. The van der Waals surface area contributed by atoms with Gasteiger partial charge in [-0.2, -0.15) is 13.2 Å². The highest BCUT2D eigenvalue weighted by molar-refractivity contribution is 6.31. The Morgan fingerprint density at radius 3 is 2.66 bits per heavy atom. The summed E-state index contributed by atoms with van der Waals surface area (Å²) < 4.78 is 58.5. The molecule has 2 amide bonds. The molecule has 1 N–H and O–H groups in total. The fourth-order valence-corrected chi connectivity index (χ4v) is 3.87. The van der Waals surface area contributed by atoms with Crippen LogP contribution in [0.2, 0.25) is 5.02 Å². The minimum absolute atomic E-state index is 0.346. The van der Waals surface area contributed by atoms with E-state index in [0.717, 1.165) is 16.7 Å². The zero-order valence-corrected chi connectivity index (χ0v) is 17.6. The van der Waals surface area contributed by atoms with Crippen molar-refractivity contribution in [1.29, 1.82) is 0 Å². The fourth-order valence-electron chi connectivity index (χ4n) is 3.69. The molecule has 0 saturated carbocycles. The first-order valence-corrected chi connectivity index (χ1v) is 10.4. The lowest BCUT2D eigenvalue weighted by Crippen LogP contribution is -2.38. The van der Waals surface area contributed by atoms with E-state index in [2.05, 4.69) is 10.2 Å². The number of urea groups is 1. The maximum Gasteiger partial charge on any atom is 0.416 e. The first-order valence-electron chi connectivity index (χ1n) is 10.0. The van der Waals surface area contributed by atoms with Crippen LogP contribution in [-0.4, -0.2) is 42.0 Å². The topological polar surface area (TPSA) is 48.7 Å². The number of fused-ring (bicyclic) bond motifs is 1. The van der Waals surface area contributed by atoms with Crippen LogP contribution in [0.3, 0.4) is 0 Å². The second-order valence-electron chi connectivity index (χ2n) is 7.63. The quantitative estimate of drug-likeness (QED) is 0.480. The molecule has 1 aliphatic rings. The van der Waals surface area contributed by atoms with Crippen molar-refractivity contribution >= 4 is 34.3 Å². The van der Waals surface area contributed by atoms with Crippen LogP contribution in [0, 0.1) is 5.82 Å². The number of rotatable bonds is 3. The van der Waals surface area contributed by atoms with Gasteiger partial charge in [0.05, 0.1) is 17.8 Å². The van der Waals surface area contributed by atoms with Crippen LogP contribution in [0.5, 0.6) is 0 Å². The zero-order chi connectivity index (χ0) is 22.9. The summed E-state index contributed by atoms with van der Waals surface area (Å²) in [6.07, 6.45) is -3.97. The number of carbonyl (C=O) groups excluding carboxylic acids is 1. The standard InChI is InChI=1S/C22H20ClF4N3O2/c23-16-3-5-20-14(10-16)11-17(32-20)13-29-6-1-7-30(9-8-29)21(31)28-19-12-15(22(25,26)27)2-4-18(19)24/h2-5,10-12H,1,6-9,13H2,(H,28,31). The van der Waals surface area contributed by atoms with Crippen LogP contribution in [0.1, 0.15) is 17.7 Å². The summed E-state index contributed by atoms with van der Waals surface area (Å²) in [5, 5.41) is 3.80. The van der Waals surface area contributed by atoms with Crippen molar-refractivity contribution in [3.8, 4) is 0 Å². The molecule has 0 bridgehead atoms. The number of furan rings is 1. The number of hydrogen-bond acceptors (Lipinski definition) is 3. The third-order valence-electron chi connectivity index (χ3n) is 5.32. The molecule has 170 valence electrons. The Kier molecular flexibility index (Phi) is 6.30. The normalized spacial score (nSPS) is 15.7. The van der Waals surface area contributed by atoms with Crippen molar-refractivity contribution in [2.45, 2.75) is 19.1 Å². The van der Waals surface area contributed by atoms with Crippen molar-refractivity contribution in [2.24, 2.45) is 0 Å². The lowest BCUT2D eigenvalue weighted by atomic mass is 10.2. The van der Waals surface area contributed by atoms with Gasteiger partial charge in [-0.1, -0.05) is 11.6 Å². The number of benzene rings is 2. The number of carbonyl (C=O) groups is 1. The van der Waals surface area contributed by atoms with E-state index in [0.29, 0.717) is 62.4 Å². The van der Waals surface area contributed by atoms with E-state index < -0.39 is 29.3 Å². The van der Waals surface area contributed by atoms with Gasteiger partial charge >= 0.3 is 12.2 Å². The summed E-state index contributed by atoms with van der Waals surface area (Å²) in [7, 11) is 0. The van der Waals surface area contributed by atoms with Crippen LogP contribution in [-0.2, 0) is 12.7 Å². The predicted octanol–water partition coefficient (Wildman–Crippen LogP) is 5.98. The number of nitrogens with one attached hydrogen (secondary N) is 1. The van der Waals surface area contributed by atoms with Crippen molar-refractivity contribution in [1.82, 2.24) is 9.80 Å². The summed E-state index contributed by atoms with van der Waals surface area (Å²) in [4.78, 5) is 16.2. The lowest BCUT2D eigenvalue weighted by Gasteiger charge is -2.22. The summed E-state index contributed by atoms with van der Waals surface area (Å²) in [6.45, 7) is 2.54. The van der Waals surface area contributed by atoms with Gasteiger partial charge in [0.25, 0.3) is 0 Å². The number of nitrogens with zero attached hydrogens (tertiary/aromatic N) is 2. The minimum atomic E-state index is -4.63. The van der Waals surface area contributed by atoms with E-state index in [9.17, 15) is 22.4 Å². The van der Waals surface area contributed by atoms with Crippen molar-refractivity contribution in [3.05, 3.63) is 64.6 Å². The van der Waals surface area contributed by atoms with E-state index in [4.69, 9.17) is 16.0 Å². The molecular weight excluding hydrogens is 450 g/mol. The van der Waals surface area contributed by atoms with Gasteiger partial charge < -0.3 is 14.6 Å². The minimum Gasteiger partial charge on any atom is -0.460 e. The van der Waals surface area contributed by atoms with E-state index in [1.807, 2.05) is 18.2 Å². The Morgan fingerprint density at radius 2 is 1.88 bits per heavy atom. The van der Waals surface area contributed by atoms with Crippen LogP contribution < -0.4 is 5.32 Å². The molecule has 0 atom stereocenters. The smallest absolute Gasteiger partial charge is 0.416 e. The summed E-state index contributed by atoms with van der Waals surface area (Å²) in [5.74, 6) is -0.154. The molecule has 2 aromatic carbocycles. The van der Waals surface area contributed by atoms with E-state index in [1.54, 1.807) is 6.07 Å². The molecule has 1 fully saturated rings. The number of alkyl halides is 3. The maximum atomic E-state index is 14.0. The van der Waals surface area contributed by atoms with Crippen molar-refractivity contribution < 1.29 is 26.8 Å². The van der Waals surface area contributed by atoms with Crippen LogP contribution >= 0.6 is 11.6 Å². The largest absolute Gasteiger partial charge is 0.460 e. The van der Waals surface area contributed by atoms with E-state index >= 15 is 0 Å². The van der Waals surface area contributed by atoms with Gasteiger partial charge in [-0.3, -0.25) is 4.90 Å². The maximum absolute atomic E-state index is 14.0. The molecule has 5 nitrogen and oxygen atoms in total. The van der Waals surface area contributed by atoms with Gasteiger partial charge in [0, 0.05) is 36.6 Å². The molecule has 0 unspecified atom stereocenters. The number of amides is 2. The second kappa shape index (κ2) is 8.99. The molecule has 1 aromatic heterocycles. The first kappa shape index (κ1) is 22.4. The van der Waals surface area contributed by atoms with Crippen molar-refractivity contribution in [3.63, 3.8) is 0 Å². The molecule has 10 heteroatoms. The summed E-state index contributed by atoms with van der Waals surface area (Å²) in [5.41, 5.74) is -0.779. The van der Waals surface area contributed by atoms with Gasteiger partial charge in [0.2, 0.25) is 0 Å². The third kappa shape index (κ3) is 5.16. The van der Waals surface area contributed by atoms with Crippen LogP contribution in [0.4, 0.5) is 28.0 Å². The first-order chi connectivity index (χ1) is 15.2. The average molecular weight is 470 g/mol. The van der Waals surface area contributed by atoms with Gasteiger partial charge in [0.15, 0.2) is 0 Å². The highest BCUT2D eigenvalue weighted by atomic mass is 35.5. The molecular formula is C22H20ClF4N3O2. The Labute approximate surface area is 186 Å². The zero-order valence-electron chi connectivity index (χ0n) is 16.9. The summed E-state index contributed by atoms with van der Waals surface area (Å²) in [6, 6.07) is 8.62. The van der Waals surface area contributed by atoms with Gasteiger partial charge in [0.1, 0.15) is 17.2 Å². The van der Waals surface area contributed by atoms with Crippen LogP contribution in [0.25, 0.3) is 11.0 Å². The van der Waals surface area contributed by atoms with Crippen LogP contribution in [0.15, 0.2) is 46.9 Å². The molecule has 1 aliphatic heterocycles. The number of anilines is 1. The fraction of sp³-hybridized carbons (Fsp3) is 0.318. The SMILES string of the molecule is O=C(Nc1cc(C(F)(F)F)ccc1F)N1CCCN(Cc2cc3cc(Cl)ccc3o2)CC1. The van der Waals surface area contributed by atoms with Crippen molar-refractivity contribution in [2.75, 3.05) is 31.5 Å². The molecule has 1 saturated heterocycles. The van der Waals surface area contributed by atoms with Gasteiger partial charge in [-0.25, -0.2) is 9.18 Å². The lowest BCUT2D eigenvalue weighted by molar-refractivity contribution is -0.137. The summed E-state index contributed by atoms with van der Waals surface area (Å²) >= 11 is 6.01. The van der Waals surface area contributed by atoms with E-state index in [-0.39, 0.29) is 0 Å². The third-order valence-corrected chi connectivity index (χ3v) is 5.55. The Morgan fingerprint density at radius 1 is 1.06 bits per heavy atom. The number of hydrogen-bond donors (Lipinski definition) is 1. The molecule has 3 aromatic rings. The molecule has 2 heterocycles. The Balaban J connectivity index is 1.38. The molecule has 32 heavy (non-hydrogen) atoms. The monoisotopic (exact) mass is 469 g/mol. The Hall–Kier alpha value is -2.78. The highest BCUT2D eigenvalue weighted by Crippen LogP contribution is 2.32.